The smallest absolute Gasteiger partial charge is 0.409 e. The molecule has 7 nitrogen and oxygen atoms in total. The highest BCUT2D eigenvalue weighted by molar-refractivity contribution is 5.80. The van der Waals surface area contributed by atoms with Gasteiger partial charge in [0.15, 0.2) is 5.96 Å². The average Bonchev–Trinajstić information content (AvgIpc) is 2.60. The SMILES string of the molecule is CCOC(=O)N1CCC(NC(=NC)NC2CC(C)(OC)C2(C)C)CC1. The molecule has 1 saturated carbocycles. The second-order valence-electron chi connectivity index (χ2n) is 7.73. The predicted molar refractivity (Wildman–Crippen MR) is 98.8 cm³/mol. The largest absolute Gasteiger partial charge is 0.450 e. The standard InChI is InChI=1S/C18H34N4O3/c1-7-25-16(23)22-10-8-13(9-11-22)20-15(19-5)21-14-12-18(4,24-6)17(14,2)3/h13-14H,7-12H2,1-6H3,(H2,19,20,21). The first-order valence-corrected chi connectivity index (χ1v) is 9.24. The summed E-state index contributed by atoms with van der Waals surface area (Å²) in [7, 11) is 3.58. The summed E-state index contributed by atoms with van der Waals surface area (Å²) in [4.78, 5) is 17.9. The van der Waals surface area contributed by atoms with Gasteiger partial charge >= 0.3 is 6.09 Å². The van der Waals surface area contributed by atoms with E-state index in [4.69, 9.17) is 9.47 Å². The molecule has 2 N–H and O–H groups in total. The number of amides is 1. The molecule has 1 saturated heterocycles. The summed E-state index contributed by atoms with van der Waals surface area (Å²) in [5, 5.41) is 7.04. The Bertz CT molecular complexity index is 501. The van der Waals surface area contributed by atoms with Gasteiger partial charge in [0.05, 0.1) is 12.2 Å². The van der Waals surface area contributed by atoms with E-state index in [1.54, 1.807) is 19.1 Å². The van der Waals surface area contributed by atoms with Gasteiger partial charge in [-0.15, -0.1) is 0 Å². The molecule has 0 bridgehead atoms. The number of methoxy groups -OCH3 is 1. The van der Waals surface area contributed by atoms with E-state index in [0.717, 1.165) is 25.2 Å². The Kier molecular flexibility index (Phi) is 6.19. The Hall–Kier alpha value is -1.50. The van der Waals surface area contributed by atoms with E-state index in [1.807, 2.05) is 6.92 Å². The van der Waals surface area contributed by atoms with Gasteiger partial charge in [-0.2, -0.15) is 0 Å². The zero-order valence-electron chi connectivity index (χ0n) is 16.5. The molecule has 1 aliphatic heterocycles. The maximum Gasteiger partial charge on any atom is 0.409 e. The van der Waals surface area contributed by atoms with Crippen molar-refractivity contribution >= 4 is 12.1 Å². The second-order valence-corrected chi connectivity index (χ2v) is 7.73. The van der Waals surface area contributed by atoms with Crippen LogP contribution in [0.2, 0.25) is 0 Å². The summed E-state index contributed by atoms with van der Waals surface area (Å²) >= 11 is 0. The lowest BCUT2D eigenvalue weighted by Gasteiger charge is -2.59. The van der Waals surface area contributed by atoms with E-state index in [1.165, 1.54) is 0 Å². The number of nitrogens with one attached hydrogen (secondary N) is 2. The molecule has 1 amide bonds. The van der Waals surface area contributed by atoms with Crippen molar-refractivity contribution in [1.82, 2.24) is 15.5 Å². The fourth-order valence-electron chi connectivity index (χ4n) is 3.67. The first-order valence-electron chi connectivity index (χ1n) is 9.24. The summed E-state index contributed by atoms with van der Waals surface area (Å²) in [6.07, 6.45) is 2.53. The van der Waals surface area contributed by atoms with Crippen LogP contribution in [0.5, 0.6) is 0 Å². The molecule has 1 heterocycles. The molecular weight excluding hydrogens is 320 g/mol. The summed E-state index contributed by atoms with van der Waals surface area (Å²) in [5.41, 5.74) is -0.0683. The Morgan fingerprint density at radius 2 is 1.88 bits per heavy atom. The van der Waals surface area contributed by atoms with Crippen LogP contribution < -0.4 is 10.6 Å². The van der Waals surface area contributed by atoms with Gasteiger partial charge in [-0.3, -0.25) is 4.99 Å². The minimum atomic E-state index is -0.210. The van der Waals surface area contributed by atoms with E-state index in [-0.39, 0.29) is 17.1 Å². The fraction of sp³-hybridized carbons (Fsp3) is 0.889. The van der Waals surface area contributed by atoms with Crippen LogP contribution >= 0.6 is 0 Å². The summed E-state index contributed by atoms with van der Waals surface area (Å²) < 4.78 is 10.8. The van der Waals surface area contributed by atoms with E-state index in [0.29, 0.717) is 31.8 Å². The molecule has 25 heavy (non-hydrogen) atoms. The molecule has 0 aromatic rings. The highest BCUT2D eigenvalue weighted by atomic mass is 16.6. The monoisotopic (exact) mass is 354 g/mol. The highest BCUT2D eigenvalue weighted by Gasteiger charge is 2.58. The molecule has 1 aliphatic carbocycles. The van der Waals surface area contributed by atoms with E-state index in [2.05, 4.69) is 36.4 Å². The maximum atomic E-state index is 11.8. The molecule has 0 aromatic heterocycles. The van der Waals surface area contributed by atoms with Crippen LogP contribution in [-0.4, -0.2) is 68.5 Å². The van der Waals surface area contributed by atoms with Crippen LogP contribution in [0.25, 0.3) is 0 Å². The normalized spacial score (nSPS) is 29.8. The van der Waals surface area contributed by atoms with Crippen molar-refractivity contribution in [2.75, 3.05) is 33.9 Å². The van der Waals surface area contributed by atoms with Crippen molar-refractivity contribution in [1.29, 1.82) is 0 Å². The molecule has 0 spiro atoms. The molecule has 2 atom stereocenters. The lowest BCUT2D eigenvalue weighted by atomic mass is 9.56. The number of aliphatic imine (C=N–C) groups is 1. The van der Waals surface area contributed by atoms with Crippen LogP contribution in [0.1, 0.15) is 47.0 Å². The topological polar surface area (TPSA) is 75.2 Å². The van der Waals surface area contributed by atoms with Crippen molar-refractivity contribution in [2.45, 2.75) is 64.6 Å². The molecular formula is C18H34N4O3. The first kappa shape index (κ1) is 19.8. The van der Waals surface area contributed by atoms with Crippen molar-refractivity contribution in [2.24, 2.45) is 10.4 Å². The van der Waals surface area contributed by atoms with Crippen LogP contribution in [0, 0.1) is 5.41 Å². The zero-order chi connectivity index (χ0) is 18.7. The van der Waals surface area contributed by atoms with E-state index >= 15 is 0 Å². The number of nitrogens with zero attached hydrogens (tertiary/aromatic N) is 2. The Morgan fingerprint density at radius 1 is 1.24 bits per heavy atom. The van der Waals surface area contributed by atoms with Crippen LogP contribution in [-0.2, 0) is 9.47 Å². The van der Waals surface area contributed by atoms with Gasteiger partial charge in [0, 0.05) is 44.7 Å². The van der Waals surface area contributed by atoms with Gasteiger partial charge in [-0.05, 0) is 33.1 Å². The van der Waals surface area contributed by atoms with E-state index < -0.39 is 0 Å². The molecule has 0 radical (unpaired) electrons. The summed E-state index contributed by atoms with van der Waals surface area (Å²) in [5.74, 6) is 0.825. The second kappa shape index (κ2) is 7.81. The van der Waals surface area contributed by atoms with Crippen molar-refractivity contribution in [3.63, 3.8) is 0 Å². The number of piperidine rings is 1. The minimum Gasteiger partial charge on any atom is -0.450 e. The molecule has 2 rings (SSSR count). The third-order valence-electron chi connectivity index (χ3n) is 6.17. The third kappa shape index (κ3) is 4.02. The summed E-state index contributed by atoms with van der Waals surface area (Å²) in [6.45, 7) is 10.3. The number of rotatable bonds is 4. The van der Waals surface area contributed by atoms with Gasteiger partial charge in [0.1, 0.15) is 0 Å². The number of likely N-dealkylation sites (tertiary alicyclic amines) is 1. The molecule has 2 unspecified atom stereocenters. The number of carbonyl (C=O) groups excluding carboxylic acids is 1. The number of hydrogen-bond donors (Lipinski definition) is 2. The van der Waals surface area contributed by atoms with E-state index in [9.17, 15) is 4.79 Å². The van der Waals surface area contributed by atoms with Crippen molar-refractivity contribution < 1.29 is 14.3 Å². The number of guanidine groups is 1. The third-order valence-corrected chi connectivity index (χ3v) is 6.17. The van der Waals surface area contributed by atoms with Crippen molar-refractivity contribution in [3.8, 4) is 0 Å². The average molecular weight is 354 g/mol. The van der Waals surface area contributed by atoms with Gasteiger partial charge < -0.3 is 25.0 Å². The van der Waals surface area contributed by atoms with Gasteiger partial charge in [-0.25, -0.2) is 4.79 Å². The zero-order valence-corrected chi connectivity index (χ0v) is 16.5. The molecule has 7 heteroatoms. The molecule has 0 aromatic carbocycles. The van der Waals surface area contributed by atoms with Crippen LogP contribution in [0.4, 0.5) is 4.79 Å². The van der Waals surface area contributed by atoms with Crippen molar-refractivity contribution in [3.05, 3.63) is 0 Å². The Balaban J connectivity index is 1.82. The molecule has 144 valence electrons. The highest BCUT2D eigenvalue weighted by Crippen LogP contribution is 2.51. The maximum absolute atomic E-state index is 11.8. The van der Waals surface area contributed by atoms with Crippen LogP contribution in [0.15, 0.2) is 4.99 Å². The summed E-state index contributed by atoms with van der Waals surface area (Å²) in [6, 6.07) is 0.636. The fourth-order valence-corrected chi connectivity index (χ4v) is 3.67. The lowest BCUT2D eigenvalue weighted by Crippen LogP contribution is -2.69. The van der Waals surface area contributed by atoms with Crippen LogP contribution in [0.3, 0.4) is 0 Å². The first-order chi connectivity index (χ1) is 11.8. The van der Waals surface area contributed by atoms with Gasteiger partial charge in [0.25, 0.3) is 0 Å². The predicted octanol–water partition coefficient (Wildman–Crippen LogP) is 1.98. The number of carbonyl (C=O) groups is 1. The molecule has 2 aliphatic rings. The minimum absolute atomic E-state index is 0.0344. The quantitative estimate of drug-likeness (QED) is 0.596. The molecule has 2 fully saturated rings. The lowest BCUT2D eigenvalue weighted by molar-refractivity contribution is -0.176. The number of ether oxygens (including phenoxy) is 2. The number of hydrogen-bond acceptors (Lipinski definition) is 4. The van der Waals surface area contributed by atoms with Gasteiger partial charge in [-0.1, -0.05) is 13.8 Å². The Morgan fingerprint density at radius 3 is 2.36 bits per heavy atom. The van der Waals surface area contributed by atoms with Gasteiger partial charge in [0.2, 0.25) is 0 Å². The Labute approximate surface area is 151 Å².